The topological polar surface area (TPSA) is 30.0 Å². The Bertz CT molecular complexity index is 764. The van der Waals surface area contributed by atoms with Gasteiger partial charge in [-0.05, 0) is 37.5 Å². The van der Waals surface area contributed by atoms with Gasteiger partial charge in [-0.2, -0.15) is 0 Å². The Morgan fingerprint density at radius 1 is 0.897 bits per heavy atom. The highest BCUT2D eigenvalue weighted by molar-refractivity contribution is 5.46. The SMILES string of the molecule is OCCC1CN(C2CCN(c3ccccc3)CC2)CCN1Cc1ccccc1F. The molecule has 5 heteroatoms. The van der Waals surface area contributed by atoms with Crippen LogP contribution in [0.1, 0.15) is 24.8 Å². The molecule has 2 aliphatic heterocycles. The second-order valence-corrected chi connectivity index (χ2v) is 8.28. The molecule has 2 fully saturated rings. The van der Waals surface area contributed by atoms with Gasteiger partial charge in [0.1, 0.15) is 5.82 Å². The van der Waals surface area contributed by atoms with Crippen LogP contribution in [0.15, 0.2) is 54.6 Å². The Hall–Kier alpha value is -1.95. The van der Waals surface area contributed by atoms with Crippen molar-refractivity contribution in [1.29, 1.82) is 0 Å². The number of aliphatic hydroxyl groups excluding tert-OH is 1. The Labute approximate surface area is 173 Å². The first-order valence-electron chi connectivity index (χ1n) is 10.9. The average Bonchev–Trinajstić information content (AvgIpc) is 2.77. The Morgan fingerprint density at radius 3 is 2.34 bits per heavy atom. The first-order chi connectivity index (χ1) is 14.2. The van der Waals surface area contributed by atoms with Crippen molar-refractivity contribution in [2.75, 3.05) is 44.2 Å². The van der Waals surface area contributed by atoms with Gasteiger partial charge in [-0.25, -0.2) is 4.39 Å². The Morgan fingerprint density at radius 2 is 1.62 bits per heavy atom. The summed E-state index contributed by atoms with van der Waals surface area (Å²) in [6, 6.07) is 18.6. The zero-order valence-electron chi connectivity index (χ0n) is 17.1. The summed E-state index contributed by atoms with van der Waals surface area (Å²) in [6.45, 7) is 5.90. The zero-order valence-corrected chi connectivity index (χ0v) is 17.1. The van der Waals surface area contributed by atoms with Crippen molar-refractivity contribution in [2.24, 2.45) is 0 Å². The molecule has 4 rings (SSSR count). The van der Waals surface area contributed by atoms with E-state index in [4.69, 9.17) is 0 Å². The highest BCUT2D eigenvalue weighted by atomic mass is 19.1. The summed E-state index contributed by atoms with van der Waals surface area (Å²) in [5.41, 5.74) is 2.07. The van der Waals surface area contributed by atoms with Crippen LogP contribution in [0.5, 0.6) is 0 Å². The third-order valence-corrected chi connectivity index (χ3v) is 6.53. The van der Waals surface area contributed by atoms with E-state index in [9.17, 15) is 9.50 Å². The van der Waals surface area contributed by atoms with E-state index >= 15 is 0 Å². The minimum atomic E-state index is -0.133. The van der Waals surface area contributed by atoms with Gasteiger partial charge in [0, 0.05) is 69.2 Å². The summed E-state index contributed by atoms with van der Waals surface area (Å²) in [5, 5.41) is 9.59. The van der Waals surface area contributed by atoms with Gasteiger partial charge in [0.2, 0.25) is 0 Å². The van der Waals surface area contributed by atoms with Gasteiger partial charge in [0.05, 0.1) is 0 Å². The summed E-state index contributed by atoms with van der Waals surface area (Å²) in [7, 11) is 0. The molecule has 0 aliphatic carbocycles. The van der Waals surface area contributed by atoms with Crippen LogP contribution in [0.3, 0.4) is 0 Å². The van der Waals surface area contributed by atoms with Gasteiger partial charge in [-0.1, -0.05) is 36.4 Å². The van der Waals surface area contributed by atoms with Gasteiger partial charge in [0.25, 0.3) is 0 Å². The smallest absolute Gasteiger partial charge is 0.127 e. The third-order valence-electron chi connectivity index (χ3n) is 6.53. The van der Waals surface area contributed by atoms with Crippen molar-refractivity contribution in [3.8, 4) is 0 Å². The number of piperazine rings is 1. The van der Waals surface area contributed by atoms with Crippen LogP contribution < -0.4 is 4.90 Å². The molecular weight excluding hydrogens is 365 g/mol. The molecule has 0 radical (unpaired) electrons. The lowest BCUT2D eigenvalue weighted by atomic mass is 9.99. The third kappa shape index (κ3) is 4.97. The molecule has 156 valence electrons. The summed E-state index contributed by atoms with van der Waals surface area (Å²) >= 11 is 0. The van der Waals surface area contributed by atoms with Crippen LogP contribution in [-0.2, 0) is 6.54 Å². The maximum absolute atomic E-state index is 14.1. The number of anilines is 1. The molecule has 1 N–H and O–H groups in total. The van der Waals surface area contributed by atoms with Crippen molar-refractivity contribution in [3.63, 3.8) is 0 Å². The summed E-state index contributed by atoms with van der Waals surface area (Å²) < 4.78 is 14.1. The van der Waals surface area contributed by atoms with Crippen LogP contribution in [0, 0.1) is 5.82 Å². The molecule has 2 aromatic carbocycles. The molecule has 4 nitrogen and oxygen atoms in total. The highest BCUT2D eigenvalue weighted by Gasteiger charge is 2.32. The molecule has 0 bridgehead atoms. The number of rotatable bonds is 6. The number of nitrogens with zero attached hydrogens (tertiary/aromatic N) is 3. The molecule has 2 heterocycles. The number of para-hydroxylation sites is 1. The van der Waals surface area contributed by atoms with Crippen molar-refractivity contribution in [1.82, 2.24) is 9.80 Å². The largest absolute Gasteiger partial charge is 0.396 e. The van der Waals surface area contributed by atoms with Gasteiger partial charge in [-0.3, -0.25) is 9.80 Å². The molecule has 2 aliphatic rings. The average molecular weight is 398 g/mol. The fraction of sp³-hybridized carbons (Fsp3) is 0.500. The maximum atomic E-state index is 14.1. The number of aliphatic hydroxyl groups is 1. The molecule has 29 heavy (non-hydrogen) atoms. The van der Waals surface area contributed by atoms with Crippen molar-refractivity contribution in [3.05, 3.63) is 66.0 Å². The lowest BCUT2D eigenvalue weighted by Crippen LogP contribution is -2.57. The number of halogens is 1. The van der Waals surface area contributed by atoms with E-state index in [0.717, 1.165) is 44.7 Å². The number of benzene rings is 2. The minimum Gasteiger partial charge on any atom is -0.396 e. The second-order valence-electron chi connectivity index (χ2n) is 8.28. The van der Waals surface area contributed by atoms with Gasteiger partial charge in [0.15, 0.2) is 0 Å². The fourth-order valence-electron chi connectivity index (χ4n) is 4.85. The summed E-state index contributed by atoms with van der Waals surface area (Å²) in [6.07, 6.45) is 3.09. The van der Waals surface area contributed by atoms with E-state index in [1.54, 1.807) is 6.07 Å². The number of hydrogen-bond donors (Lipinski definition) is 1. The first-order valence-corrected chi connectivity index (χ1v) is 10.9. The van der Waals surface area contributed by atoms with Crippen LogP contribution >= 0.6 is 0 Å². The summed E-state index contributed by atoms with van der Waals surface area (Å²) in [5.74, 6) is -0.133. The highest BCUT2D eigenvalue weighted by Crippen LogP contribution is 2.26. The minimum absolute atomic E-state index is 0.133. The van der Waals surface area contributed by atoms with Crippen LogP contribution in [0.4, 0.5) is 10.1 Å². The quantitative estimate of drug-likeness (QED) is 0.810. The van der Waals surface area contributed by atoms with Crippen molar-refractivity contribution >= 4 is 5.69 Å². The predicted molar refractivity (Wildman–Crippen MR) is 116 cm³/mol. The normalized spacial score (nSPS) is 22.1. The molecule has 0 spiro atoms. The molecule has 0 saturated carbocycles. The maximum Gasteiger partial charge on any atom is 0.127 e. The number of piperidine rings is 1. The Kier molecular flexibility index (Phi) is 6.80. The van der Waals surface area contributed by atoms with Gasteiger partial charge < -0.3 is 10.0 Å². The van der Waals surface area contributed by atoms with E-state index < -0.39 is 0 Å². The lowest BCUT2D eigenvalue weighted by Gasteiger charge is -2.47. The Balaban J connectivity index is 1.34. The second kappa shape index (κ2) is 9.70. The molecule has 1 unspecified atom stereocenters. The molecule has 2 saturated heterocycles. The molecule has 0 aromatic heterocycles. The van der Waals surface area contributed by atoms with E-state index in [1.165, 1.54) is 24.6 Å². The number of hydrogen-bond acceptors (Lipinski definition) is 4. The van der Waals surface area contributed by atoms with Crippen LogP contribution in [0.25, 0.3) is 0 Å². The molecule has 2 aromatic rings. The zero-order chi connectivity index (χ0) is 20.1. The van der Waals surface area contributed by atoms with Crippen molar-refractivity contribution in [2.45, 2.75) is 37.9 Å². The molecule has 1 atom stereocenters. The van der Waals surface area contributed by atoms with E-state index in [0.29, 0.717) is 12.6 Å². The van der Waals surface area contributed by atoms with Crippen molar-refractivity contribution < 1.29 is 9.50 Å². The molecule has 0 amide bonds. The van der Waals surface area contributed by atoms with Crippen LogP contribution in [0.2, 0.25) is 0 Å². The van der Waals surface area contributed by atoms with E-state index in [1.807, 2.05) is 12.1 Å². The monoisotopic (exact) mass is 397 g/mol. The summed E-state index contributed by atoms with van der Waals surface area (Å²) in [4.78, 5) is 7.45. The van der Waals surface area contributed by atoms with Gasteiger partial charge in [-0.15, -0.1) is 0 Å². The predicted octanol–water partition coefficient (Wildman–Crippen LogP) is 3.36. The van der Waals surface area contributed by atoms with Crippen LogP contribution in [-0.4, -0.2) is 66.3 Å². The lowest BCUT2D eigenvalue weighted by molar-refractivity contribution is 0.0249. The first kappa shape index (κ1) is 20.3. The van der Waals surface area contributed by atoms with E-state index in [-0.39, 0.29) is 18.5 Å². The molecular formula is C24H32FN3O. The fourth-order valence-corrected chi connectivity index (χ4v) is 4.85. The standard InChI is InChI=1S/C24H32FN3O/c25-24-9-5-4-6-20(24)18-27-15-16-28(19-23(27)12-17-29)22-10-13-26(14-11-22)21-7-2-1-3-8-21/h1-9,22-23,29H,10-19H2. The van der Waals surface area contributed by atoms with Gasteiger partial charge >= 0.3 is 0 Å². The van der Waals surface area contributed by atoms with E-state index in [2.05, 4.69) is 45.0 Å².